The number of hydrogen-bond donors (Lipinski definition) is 4. The van der Waals surface area contributed by atoms with E-state index >= 15 is 0 Å². The van der Waals surface area contributed by atoms with Gasteiger partial charge in [0.15, 0.2) is 0 Å². The summed E-state index contributed by atoms with van der Waals surface area (Å²) < 4.78 is 10.5. The number of ether oxygens (including phenoxy) is 2. The maximum Gasteiger partial charge on any atom is 0.323 e. The van der Waals surface area contributed by atoms with Crippen LogP contribution in [0.2, 0.25) is 0 Å². The third-order valence-electron chi connectivity index (χ3n) is 4.45. The zero-order valence-electron chi connectivity index (χ0n) is 15.9. The van der Waals surface area contributed by atoms with Gasteiger partial charge in [-0.2, -0.15) is 0 Å². The molecule has 3 amide bonds. The van der Waals surface area contributed by atoms with Gasteiger partial charge in [-0.15, -0.1) is 0 Å². The molecule has 148 valence electrons. The minimum Gasteiger partial charge on any atom is -0.495 e. The van der Waals surface area contributed by atoms with Crippen LogP contribution in [0.25, 0.3) is 0 Å². The molecule has 2 aromatic rings. The van der Waals surface area contributed by atoms with E-state index in [0.717, 1.165) is 19.4 Å². The molecule has 3 rings (SSSR count). The molecule has 0 radical (unpaired) electrons. The van der Waals surface area contributed by atoms with Crippen LogP contribution in [0.3, 0.4) is 0 Å². The summed E-state index contributed by atoms with van der Waals surface area (Å²) in [5.74, 6) is 0.939. The summed E-state index contributed by atoms with van der Waals surface area (Å²) in [6, 6.07) is 11.5. The fourth-order valence-electron chi connectivity index (χ4n) is 3.04. The Morgan fingerprint density at radius 3 is 2.39 bits per heavy atom. The van der Waals surface area contributed by atoms with Crippen LogP contribution in [-0.4, -0.2) is 38.7 Å². The molecule has 4 N–H and O–H groups in total. The van der Waals surface area contributed by atoms with Crippen LogP contribution >= 0.6 is 0 Å². The minimum absolute atomic E-state index is 0.0907. The Morgan fingerprint density at radius 1 is 0.964 bits per heavy atom. The molecule has 28 heavy (non-hydrogen) atoms. The van der Waals surface area contributed by atoms with Crippen LogP contribution in [0.1, 0.15) is 12.8 Å². The Kier molecular flexibility index (Phi) is 6.33. The minimum atomic E-state index is -0.455. The number of methoxy groups -OCH3 is 2. The number of amides is 3. The molecule has 0 bridgehead atoms. The Hall–Kier alpha value is -3.26. The summed E-state index contributed by atoms with van der Waals surface area (Å²) in [4.78, 5) is 24.7. The van der Waals surface area contributed by atoms with E-state index in [0.29, 0.717) is 28.6 Å². The van der Waals surface area contributed by atoms with Crippen molar-refractivity contribution in [2.24, 2.45) is 0 Å². The average molecular weight is 384 g/mol. The van der Waals surface area contributed by atoms with Crippen molar-refractivity contribution < 1.29 is 19.1 Å². The Labute approximate surface area is 163 Å². The first-order valence-corrected chi connectivity index (χ1v) is 9.04. The third kappa shape index (κ3) is 4.72. The molecule has 1 aliphatic rings. The van der Waals surface area contributed by atoms with E-state index in [1.807, 2.05) is 6.07 Å². The van der Waals surface area contributed by atoms with Crippen molar-refractivity contribution in [2.75, 3.05) is 36.7 Å². The summed E-state index contributed by atoms with van der Waals surface area (Å²) in [6.07, 6.45) is 1.80. The van der Waals surface area contributed by atoms with Crippen molar-refractivity contribution in [3.63, 3.8) is 0 Å². The lowest BCUT2D eigenvalue weighted by Gasteiger charge is -2.15. The van der Waals surface area contributed by atoms with Gasteiger partial charge in [-0.25, -0.2) is 4.79 Å². The van der Waals surface area contributed by atoms with Crippen molar-refractivity contribution in [2.45, 2.75) is 18.9 Å². The highest BCUT2D eigenvalue weighted by molar-refractivity contribution is 6.02. The molecule has 1 unspecified atom stereocenters. The van der Waals surface area contributed by atoms with Gasteiger partial charge in [-0.1, -0.05) is 12.1 Å². The fraction of sp³-hybridized carbons (Fsp3) is 0.300. The van der Waals surface area contributed by atoms with Crippen molar-refractivity contribution >= 4 is 29.0 Å². The van der Waals surface area contributed by atoms with Gasteiger partial charge in [-0.3, -0.25) is 4.79 Å². The fourth-order valence-corrected chi connectivity index (χ4v) is 3.04. The molecule has 8 nitrogen and oxygen atoms in total. The van der Waals surface area contributed by atoms with Gasteiger partial charge in [0, 0.05) is 5.69 Å². The number of para-hydroxylation sites is 2. The number of nitrogens with one attached hydrogen (secondary N) is 4. The topological polar surface area (TPSA) is 101 Å². The van der Waals surface area contributed by atoms with Crippen LogP contribution in [0.15, 0.2) is 42.5 Å². The molecule has 1 fully saturated rings. The van der Waals surface area contributed by atoms with Gasteiger partial charge in [-0.05, 0) is 49.7 Å². The molecular formula is C20H24N4O4. The van der Waals surface area contributed by atoms with Gasteiger partial charge in [0.05, 0.1) is 31.6 Å². The van der Waals surface area contributed by atoms with Crippen LogP contribution < -0.4 is 30.7 Å². The second-order valence-electron chi connectivity index (χ2n) is 6.33. The Bertz CT molecular complexity index is 850. The second-order valence-corrected chi connectivity index (χ2v) is 6.33. The SMILES string of the molecule is COc1ccccc1NC(=O)Nc1cc(NC(=O)C2CCCN2)ccc1OC. The van der Waals surface area contributed by atoms with Crippen LogP contribution in [0.4, 0.5) is 21.9 Å². The zero-order valence-corrected chi connectivity index (χ0v) is 15.9. The third-order valence-corrected chi connectivity index (χ3v) is 4.45. The standard InChI is InChI=1S/C20H24N4O4/c1-27-17-8-4-3-6-14(17)23-20(26)24-16-12-13(9-10-18(16)28-2)22-19(25)15-7-5-11-21-15/h3-4,6,8-10,12,15,21H,5,7,11H2,1-2H3,(H,22,25)(H2,23,24,26). The lowest BCUT2D eigenvalue weighted by Crippen LogP contribution is -2.35. The van der Waals surface area contributed by atoms with Gasteiger partial charge in [0.1, 0.15) is 11.5 Å². The summed E-state index contributed by atoms with van der Waals surface area (Å²) in [7, 11) is 3.05. The van der Waals surface area contributed by atoms with Crippen molar-refractivity contribution in [1.82, 2.24) is 5.32 Å². The number of anilines is 3. The van der Waals surface area contributed by atoms with E-state index in [1.54, 1.807) is 36.4 Å². The smallest absolute Gasteiger partial charge is 0.323 e. The van der Waals surface area contributed by atoms with Crippen molar-refractivity contribution in [1.29, 1.82) is 0 Å². The quantitative estimate of drug-likeness (QED) is 0.613. The number of carbonyl (C=O) groups excluding carboxylic acids is 2. The maximum absolute atomic E-state index is 12.4. The van der Waals surface area contributed by atoms with E-state index in [1.165, 1.54) is 14.2 Å². The predicted octanol–water partition coefficient (Wildman–Crippen LogP) is 3.04. The highest BCUT2D eigenvalue weighted by atomic mass is 16.5. The number of benzene rings is 2. The lowest BCUT2D eigenvalue weighted by molar-refractivity contribution is -0.117. The molecule has 1 aliphatic heterocycles. The number of hydrogen-bond acceptors (Lipinski definition) is 5. The lowest BCUT2D eigenvalue weighted by atomic mass is 10.2. The average Bonchev–Trinajstić information content (AvgIpc) is 3.23. The Balaban J connectivity index is 1.70. The number of rotatable bonds is 6. The van der Waals surface area contributed by atoms with Gasteiger partial charge in [0.2, 0.25) is 5.91 Å². The molecule has 1 saturated heterocycles. The van der Waals surface area contributed by atoms with Crippen LogP contribution in [-0.2, 0) is 4.79 Å². The molecule has 0 aromatic heterocycles. The highest BCUT2D eigenvalue weighted by Gasteiger charge is 2.22. The van der Waals surface area contributed by atoms with Gasteiger partial charge < -0.3 is 30.7 Å². The van der Waals surface area contributed by atoms with E-state index in [4.69, 9.17) is 9.47 Å². The Morgan fingerprint density at radius 2 is 1.68 bits per heavy atom. The number of urea groups is 1. The first-order valence-electron chi connectivity index (χ1n) is 9.04. The van der Waals surface area contributed by atoms with E-state index in [2.05, 4.69) is 21.3 Å². The normalized spacial score (nSPS) is 15.6. The summed E-state index contributed by atoms with van der Waals surface area (Å²) >= 11 is 0. The molecule has 0 saturated carbocycles. The monoisotopic (exact) mass is 384 g/mol. The van der Waals surface area contributed by atoms with E-state index in [-0.39, 0.29) is 11.9 Å². The predicted molar refractivity (Wildman–Crippen MR) is 108 cm³/mol. The van der Waals surface area contributed by atoms with Gasteiger partial charge >= 0.3 is 6.03 Å². The van der Waals surface area contributed by atoms with E-state index in [9.17, 15) is 9.59 Å². The zero-order chi connectivity index (χ0) is 19.9. The van der Waals surface area contributed by atoms with Crippen LogP contribution in [0, 0.1) is 0 Å². The molecular weight excluding hydrogens is 360 g/mol. The summed E-state index contributed by atoms with van der Waals surface area (Å²) in [5.41, 5.74) is 1.55. The molecule has 1 heterocycles. The second kappa shape index (κ2) is 9.09. The molecule has 0 aliphatic carbocycles. The molecule has 0 spiro atoms. The van der Waals surface area contributed by atoms with Crippen molar-refractivity contribution in [3.05, 3.63) is 42.5 Å². The van der Waals surface area contributed by atoms with Gasteiger partial charge in [0.25, 0.3) is 0 Å². The molecule has 2 aromatic carbocycles. The highest BCUT2D eigenvalue weighted by Crippen LogP contribution is 2.29. The first-order chi connectivity index (χ1) is 13.6. The van der Waals surface area contributed by atoms with Crippen LogP contribution in [0.5, 0.6) is 11.5 Å². The first kappa shape index (κ1) is 19.5. The molecule has 8 heteroatoms. The summed E-state index contributed by atoms with van der Waals surface area (Å²) in [5, 5.41) is 11.5. The van der Waals surface area contributed by atoms with Crippen molar-refractivity contribution in [3.8, 4) is 11.5 Å². The number of carbonyl (C=O) groups is 2. The van der Waals surface area contributed by atoms with E-state index < -0.39 is 6.03 Å². The maximum atomic E-state index is 12.4. The largest absolute Gasteiger partial charge is 0.495 e. The molecule has 1 atom stereocenters. The summed E-state index contributed by atoms with van der Waals surface area (Å²) in [6.45, 7) is 0.844.